The van der Waals surface area contributed by atoms with E-state index in [-0.39, 0.29) is 13.2 Å². The zero-order valence-electron chi connectivity index (χ0n) is 19.3. The van der Waals surface area contributed by atoms with E-state index in [1.54, 1.807) is 24.3 Å². The van der Waals surface area contributed by atoms with Crippen molar-refractivity contribution in [3.8, 4) is 11.5 Å². The third-order valence-corrected chi connectivity index (χ3v) is 5.79. The van der Waals surface area contributed by atoms with Crippen molar-refractivity contribution in [2.45, 2.75) is 39.5 Å². The predicted molar refractivity (Wildman–Crippen MR) is 134 cm³/mol. The number of rotatable bonds is 12. The molecule has 8 heteroatoms. The molecule has 0 aliphatic heterocycles. The van der Waals surface area contributed by atoms with Crippen LogP contribution in [0.3, 0.4) is 0 Å². The first-order valence-corrected chi connectivity index (χ1v) is 12.1. The van der Waals surface area contributed by atoms with Crippen molar-refractivity contribution in [3.05, 3.63) is 46.4 Å². The van der Waals surface area contributed by atoms with Gasteiger partial charge < -0.3 is 18.9 Å². The highest BCUT2D eigenvalue weighted by atomic mass is 35.5. The molecular weight excluding hydrogens is 479 g/mol. The first-order chi connectivity index (χ1) is 16.5. The average Bonchev–Trinajstić information content (AvgIpc) is 2.82. The van der Waals surface area contributed by atoms with Gasteiger partial charge in [0.05, 0.1) is 23.3 Å². The molecule has 3 aromatic rings. The van der Waals surface area contributed by atoms with E-state index in [2.05, 4.69) is 0 Å². The lowest BCUT2D eigenvalue weighted by Gasteiger charge is -2.19. The van der Waals surface area contributed by atoms with E-state index < -0.39 is 11.9 Å². The molecule has 0 aliphatic rings. The number of carbonyl (C=O) groups is 2. The Kier molecular flexibility index (Phi) is 9.66. The third kappa shape index (κ3) is 6.24. The Labute approximate surface area is 209 Å². The number of esters is 2. The Hall–Kier alpha value is -2.70. The Morgan fingerprint density at radius 2 is 1.15 bits per heavy atom. The minimum absolute atomic E-state index is 0.267. The van der Waals surface area contributed by atoms with E-state index in [0.29, 0.717) is 56.3 Å². The monoisotopic (exact) mass is 506 g/mol. The van der Waals surface area contributed by atoms with Gasteiger partial charge in [-0.15, -0.1) is 0 Å². The fourth-order valence-electron chi connectivity index (χ4n) is 3.46. The molecule has 182 valence electrons. The lowest BCUT2D eigenvalue weighted by Crippen LogP contribution is -2.17. The number of benzene rings is 3. The van der Waals surface area contributed by atoms with Crippen LogP contribution >= 0.6 is 23.2 Å². The van der Waals surface area contributed by atoms with Crippen LogP contribution < -0.4 is 9.47 Å². The van der Waals surface area contributed by atoms with Crippen LogP contribution in [0.5, 0.6) is 11.5 Å². The van der Waals surface area contributed by atoms with Gasteiger partial charge in [0, 0.05) is 21.5 Å². The number of unbranched alkanes of at least 4 members (excludes halogenated alkanes) is 2. The fourth-order valence-corrected chi connectivity index (χ4v) is 3.99. The van der Waals surface area contributed by atoms with Crippen molar-refractivity contribution in [1.29, 1.82) is 0 Å². The first-order valence-electron chi connectivity index (χ1n) is 11.4. The lowest BCUT2D eigenvalue weighted by atomic mass is 10.0. The molecule has 0 fully saturated rings. The van der Waals surface area contributed by atoms with Gasteiger partial charge in [-0.3, -0.25) is 0 Å². The summed E-state index contributed by atoms with van der Waals surface area (Å²) >= 11 is 13.1. The average molecular weight is 507 g/mol. The van der Waals surface area contributed by atoms with Crippen LogP contribution in [0.15, 0.2) is 36.4 Å². The van der Waals surface area contributed by atoms with Crippen LogP contribution in [0.1, 0.15) is 39.5 Å². The van der Waals surface area contributed by atoms with Gasteiger partial charge in [-0.05, 0) is 25.0 Å². The van der Waals surface area contributed by atoms with Crippen LogP contribution in [0.25, 0.3) is 21.5 Å². The summed E-state index contributed by atoms with van der Waals surface area (Å²) in [4.78, 5) is 24.4. The molecule has 0 N–H and O–H groups in total. The van der Waals surface area contributed by atoms with Crippen LogP contribution in [-0.2, 0) is 19.1 Å². The Morgan fingerprint density at radius 1 is 0.706 bits per heavy atom. The molecule has 0 saturated heterocycles. The van der Waals surface area contributed by atoms with E-state index in [0.717, 1.165) is 25.7 Å². The molecule has 0 unspecified atom stereocenters. The van der Waals surface area contributed by atoms with Gasteiger partial charge in [-0.2, -0.15) is 0 Å². The van der Waals surface area contributed by atoms with Gasteiger partial charge in [0.2, 0.25) is 0 Å². The molecular formula is C26H28Cl2O6. The molecule has 0 aliphatic carbocycles. The third-order valence-electron chi connectivity index (χ3n) is 5.16. The van der Waals surface area contributed by atoms with E-state index >= 15 is 0 Å². The standard InChI is InChI=1S/C26H28Cl2O6/c1-3-5-13-31-21(29)15-33-25-17-9-7-11-19(27)23(17)26(24-18(25)10-8-12-20(24)28)34-16-22(30)32-14-6-4-2/h7-12H,3-6,13-16H2,1-2H3. The Bertz CT molecular complexity index is 1100. The zero-order chi connectivity index (χ0) is 24.5. The first kappa shape index (κ1) is 25.9. The Balaban J connectivity index is 2.01. The van der Waals surface area contributed by atoms with Gasteiger partial charge >= 0.3 is 11.9 Å². The van der Waals surface area contributed by atoms with Gasteiger partial charge in [0.25, 0.3) is 0 Å². The highest BCUT2D eigenvalue weighted by molar-refractivity contribution is 6.40. The van der Waals surface area contributed by atoms with E-state index in [9.17, 15) is 9.59 Å². The maximum absolute atomic E-state index is 12.2. The molecule has 0 spiro atoms. The summed E-state index contributed by atoms with van der Waals surface area (Å²) in [5.74, 6) is -0.162. The maximum atomic E-state index is 12.2. The summed E-state index contributed by atoms with van der Waals surface area (Å²) in [6.45, 7) is 4.15. The maximum Gasteiger partial charge on any atom is 0.344 e. The predicted octanol–water partition coefficient (Wildman–Crippen LogP) is 6.74. The highest BCUT2D eigenvalue weighted by Gasteiger charge is 2.22. The SMILES string of the molecule is CCCCOC(=O)COc1c2cccc(Cl)c2c(OCC(=O)OCCCC)c2c(Cl)cccc12. The van der Waals surface area contributed by atoms with Gasteiger partial charge in [0.15, 0.2) is 13.2 Å². The van der Waals surface area contributed by atoms with Crippen molar-refractivity contribution < 1.29 is 28.5 Å². The molecule has 0 heterocycles. The number of hydrogen-bond donors (Lipinski definition) is 0. The molecule has 0 radical (unpaired) electrons. The zero-order valence-corrected chi connectivity index (χ0v) is 20.8. The molecule has 0 atom stereocenters. The number of hydrogen-bond acceptors (Lipinski definition) is 6. The van der Waals surface area contributed by atoms with Crippen LogP contribution in [0.2, 0.25) is 10.0 Å². The summed E-state index contributed by atoms with van der Waals surface area (Å²) in [5.41, 5.74) is 0. The lowest BCUT2D eigenvalue weighted by molar-refractivity contribution is -0.146. The minimum atomic E-state index is -0.482. The van der Waals surface area contributed by atoms with Crippen molar-refractivity contribution in [2.75, 3.05) is 26.4 Å². The van der Waals surface area contributed by atoms with E-state index in [1.807, 2.05) is 26.0 Å². The van der Waals surface area contributed by atoms with Crippen molar-refractivity contribution in [1.82, 2.24) is 0 Å². The summed E-state index contributed by atoms with van der Waals surface area (Å²) in [7, 11) is 0. The van der Waals surface area contributed by atoms with Gasteiger partial charge in [-0.25, -0.2) is 9.59 Å². The largest absolute Gasteiger partial charge is 0.481 e. The van der Waals surface area contributed by atoms with Crippen molar-refractivity contribution in [3.63, 3.8) is 0 Å². The second-order valence-electron chi connectivity index (χ2n) is 7.71. The highest BCUT2D eigenvalue weighted by Crippen LogP contribution is 2.47. The molecule has 3 rings (SSSR count). The number of ether oxygens (including phenoxy) is 4. The molecule has 0 aromatic heterocycles. The van der Waals surface area contributed by atoms with Crippen molar-refractivity contribution in [2.24, 2.45) is 0 Å². The van der Waals surface area contributed by atoms with Crippen LogP contribution in [-0.4, -0.2) is 38.4 Å². The van der Waals surface area contributed by atoms with Gasteiger partial charge in [0.1, 0.15) is 11.5 Å². The molecule has 3 aromatic carbocycles. The van der Waals surface area contributed by atoms with Crippen LogP contribution in [0, 0.1) is 0 Å². The van der Waals surface area contributed by atoms with Gasteiger partial charge in [-0.1, -0.05) is 74.2 Å². The van der Waals surface area contributed by atoms with E-state index in [1.165, 1.54) is 0 Å². The second-order valence-corrected chi connectivity index (χ2v) is 8.52. The number of carbonyl (C=O) groups excluding carboxylic acids is 2. The number of halogens is 2. The molecule has 6 nitrogen and oxygen atoms in total. The van der Waals surface area contributed by atoms with Crippen molar-refractivity contribution >= 4 is 56.7 Å². The van der Waals surface area contributed by atoms with E-state index in [4.69, 9.17) is 42.1 Å². The topological polar surface area (TPSA) is 71.1 Å². The summed E-state index contributed by atoms with van der Waals surface area (Å²) in [6, 6.07) is 10.6. The molecule has 0 bridgehead atoms. The quantitative estimate of drug-likeness (QED) is 0.154. The fraction of sp³-hybridized carbons (Fsp3) is 0.385. The molecule has 0 saturated carbocycles. The minimum Gasteiger partial charge on any atom is -0.481 e. The summed E-state index contributed by atoms with van der Waals surface area (Å²) in [6.07, 6.45) is 3.41. The van der Waals surface area contributed by atoms with Crippen LogP contribution in [0.4, 0.5) is 0 Å². The smallest absolute Gasteiger partial charge is 0.344 e. The summed E-state index contributed by atoms with van der Waals surface area (Å²) < 4.78 is 22.3. The molecule has 34 heavy (non-hydrogen) atoms. The number of fused-ring (bicyclic) bond motifs is 2. The molecule has 0 amide bonds. The summed E-state index contributed by atoms with van der Waals surface area (Å²) in [5, 5.41) is 3.09. The normalized spacial score (nSPS) is 10.9. The Morgan fingerprint density at radius 3 is 1.59 bits per heavy atom. The second kappa shape index (κ2) is 12.7.